The number of rotatable bonds is 7. The summed E-state index contributed by atoms with van der Waals surface area (Å²) < 4.78 is 0. The molecule has 2 N–H and O–H groups in total. The lowest BCUT2D eigenvalue weighted by molar-refractivity contribution is -0.384. The van der Waals surface area contributed by atoms with E-state index in [9.17, 15) is 19.7 Å². The average Bonchev–Trinajstić information content (AvgIpc) is 2.62. The molecule has 26 heavy (non-hydrogen) atoms. The van der Waals surface area contributed by atoms with Crippen LogP contribution in [0.5, 0.6) is 0 Å². The first kappa shape index (κ1) is 19.4. The summed E-state index contributed by atoms with van der Waals surface area (Å²) >= 11 is 5.97. The number of non-ortho nitro benzene ring substituents is 1. The minimum Gasteiger partial charge on any atom is -0.326 e. The number of amides is 2. The van der Waals surface area contributed by atoms with E-state index in [1.54, 1.807) is 24.3 Å². The monoisotopic (exact) mass is 375 g/mol. The number of halogens is 1. The molecule has 0 unspecified atom stereocenters. The van der Waals surface area contributed by atoms with Crippen molar-refractivity contribution in [3.63, 3.8) is 0 Å². The zero-order valence-corrected chi connectivity index (χ0v) is 14.9. The smallest absolute Gasteiger partial charge is 0.271 e. The van der Waals surface area contributed by atoms with Crippen molar-refractivity contribution < 1.29 is 14.5 Å². The zero-order chi connectivity index (χ0) is 19.1. The van der Waals surface area contributed by atoms with E-state index in [4.69, 9.17) is 11.6 Å². The van der Waals surface area contributed by atoms with E-state index in [-0.39, 0.29) is 22.3 Å². The minimum atomic E-state index is -0.567. The maximum Gasteiger partial charge on any atom is 0.271 e. The number of nitro benzene ring substituents is 1. The summed E-state index contributed by atoms with van der Waals surface area (Å²) in [6, 6.07) is 10.1. The number of benzene rings is 2. The molecule has 2 aromatic carbocycles. The molecule has 0 fully saturated rings. The third-order valence-corrected chi connectivity index (χ3v) is 3.93. The molecule has 0 aliphatic rings. The second kappa shape index (κ2) is 8.96. The van der Waals surface area contributed by atoms with Crippen molar-refractivity contribution in [1.29, 1.82) is 0 Å². The number of carbonyl (C=O) groups excluding carboxylic acids is 2. The van der Waals surface area contributed by atoms with Crippen LogP contribution in [0.4, 0.5) is 17.1 Å². The van der Waals surface area contributed by atoms with Gasteiger partial charge in [-0.2, -0.15) is 0 Å². The van der Waals surface area contributed by atoms with Gasteiger partial charge in [0.05, 0.1) is 15.6 Å². The highest BCUT2D eigenvalue weighted by molar-refractivity contribution is 6.34. The molecule has 0 saturated carbocycles. The van der Waals surface area contributed by atoms with Crippen molar-refractivity contribution in [2.75, 3.05) is 10.6 Å². The Bertz CT molecular complexity index is 822. The number of nitrogens with one attached hydrogen (secondary N) is 2. The van der Waals surface area contributed by atoms with Crippen molar-refractivity contribution >= 4 is 40.5 Å². The van der Waals surface area contributed by atoms with Crippen LogP contribution in [0.25, 0.3) is 0 Å². The zero-order valence-electron chi connectivity index (χ0n) is 14.1. The van der Waals surface area contributed by atoms with Gasteiger partial charge in [-0.1, -0.05) is 24.9 Å². The van der Waals surface area contributed by atoms with Crippen LogP contribution in [-0.2, 0) is 4.79 Å². The highest BCUT2D eigenvalue weighted by Crippen LogP contribution is 2.27. The summed E-state index contributed by atoms with van der Waals surface area (Å²) in [5, 5.41) is 16.3. The molecule has 2 rings (SSSR count). The molecule has 0 aliphatic heterocycles. The lowest BCUT2D eigenvalue weighted by Gasteiger charge is -2.09. The molecule has 0 atom stereocenters. The van der Waals surface area contributed by atoms with Crippen molar-refractivity contribution in [2.45, 2.75) is 26.2 Å². The number of hydrogen-bond donors (Lipinski definition) is 2. The third-order valence-electron chi connectivity index (χ3n) is 3.60. The maximum absolute atomic E-state index is 12.3. The van der Waals surface area contributed by atoms with Gasteiger partial charge in [-0.25, -0.2) is 0 Å². The Kier molecular flexibility index (Phi) is 6.68. The number of hydrogen-bond acceptors (Lipinski definition) is 4. The normalized spacial score (nSPS) is 10.2. The SMILES string of the molecule is CCCCC(=O)Nc1ccc(C(=O)Nc2cc([N+](=O)[O-])ccc2Cl)cc1. The van der Waals surface area contributed by atoms with Gasteiger partial charge < -0.3 is 10.6 Å². The summed E-state index contributed by atoms with van der Waals surface area (Å²) in [6.07, 6.45) is 2.20. The van der Waals surface area contributed by atoms with Crippen LogP contribution in [0.15, 0.2) is 42.5 Å². The Hall–Kier alpha value is -2.93. The second-order valence-corrected chi connectivity index (χ2v) is 6.01. The molecule has 0 spiro atoms. The van der Waals surface area contributed by atoms with E-state index < -0.39 is 10.8 Å². The first-order chi connectivity index (χ1) is 12.4. The van der Waals surface area contributed by atoms with E-state index in [1.165, 1.54) is 18.2 Å². The Morgan fingerprint density at radius 2 is 1.81 bits per heavy atom. The van der Waals surface area contributed by atoms with Crippen LogP contribution >= 0.6 is 11.6 Å². The van der Waals surface area contributed by atoms with Gasteiger partial charge in [0, 0.05) is 29.8 Å². The van der Waals surface area contributed by atoms with Crippen LogP contribution in [0.2, 0.25) is 5.02 Å². The van der Waals surface area contributed by atoms with Crippen LogP contribution < -0.4 is 10.6 Å². The van der Waals surface area contributed by atoms with Crippen molar-refractivity contribution in [1.82, 2.24) is 0 Å². The van der Waals surface area contributed by atoms with Gasteiger partial charge in [-0.3, -0.25) is 19.7 Å². The summed E-state index contributed by atoms with van der Waals surface area (Å²) in [4.78, 5) is 34.3. The van der Waals surface area contributed by atoms with Crippen molar-refractivity contribution in [2.24, 2.45) is 0 Å². The van der Waals surface area contributed by atoms with Crippen molar-refractivity contribution in [3.05, 3.63) is 63.2 Å². The molecule has 7 nitrogen and oxygen atoms in total. The Labute approximate surface area is 155 Å². The standard InChI is InChI=1S/C18H18ClN3O4/c1-2-3-4-17(23)20-13-7-5-12(6-8-13)18(24)21-16-11-14(22(25)26)9-10-15(16)19/h5-11H,2-4H2,1H3,(H,20,23)(H,21,24). The molecule has 8 heteroatoms. The molecule has 0 heterocycles. The molecule has 136 valence electrons. The lowest BCUT2D eigenvalue weighted by atomic mass is 10.1. The Balaban J connectivity index is 2.05. The fourth-order valence-electron chi connectivity index (χ4n) is 2.18. The number of carbonyl (C=O) groups is 2. The number of unbranched alkanes of at least 4 members (excludes halogenated alkanes) is 1. The van der Waals surface area contributed by atoms with Gasteiger partial charge in [-0.05, 0) is 36.8 Å². The maximum atomic E-state index is 12.3. The lowest BCUT2D eigenvalue weighted by Crippen LogP contribution is -2.13. The summed E-state index contributed by atoms with van der Waals surface area (Å²) in [6.45, 7) is 2.01. The summed E-state index contributed by atoms with van der Waals surface area (Å²) in [5.74, 6) is -0.538. The molecular weight excluding hydrogens is 358 g/mol. The first-order valence-corrected chi connectivity index (χ1v) is 8.43. The van der Waals surface area contributed by atoms with Gasteiger partial charge in [-0.15, -0.1) is 0 Å². The van der Waals surface area contributed by atoms with E-state index >= 15 is 0 Å². The minimum absolute atomic E-state index is 0.0765. The fraction of sp³-hybridized carbons (Fsp3) is 0.222. The van der Waals surface area contributed by atoms with Gasteiger partial charge in [0.2, 0.25) is 5.91 Å². The molecule has 0 saturated heterocycles. The van der Waals surface area contributed by atoms with E-state index in [1.807, 2.05) is 6.92 Å². The first-order valence-electron chi connectivity index (χ1n) is 8.06. The number of nitro groups is 1. The summed E-state index contributed by atoms with van der Waals surface area (Å²) in [5.41, 5.74) is 0.910. The van der Waals surface area contributed by atoms with Gasteiger partial charge in [0.25, 0.3) is 11.6 Å². The van der Waals surface area contributed by atoms with Crippen LogP contribution in [0.3, 0.4) is 0 Å². The molecule has 0 radical (unpaired) electrons. The van der Waals surface area contributed by atoms with Gasteiger partial charge >= 0.3 is 0 Å². The van der Waals surface area contributed by atoms with E-state index in [0.717, 1.165) is 12.8 Å². The second-order valence-electron chi connectivity index (χ2n) is 5.60. The van der Waals surface area contributed by atoms with Crippen LogP contribution in [0.1, 0.15) is 36.5 Å². The predicted molar refractivity (Wildman–Crippen MR) is 101 cm³/mol. The molecule has 0 aromatic heterocycles. The third kappa shape index (κ3) is 5.29. The van der Waals surface area contributed by atoms with Crippen LogP contribution in [-0.4, -0.2) is 16.7 Å². The van der Waals surface area contributed by atoms with Gasteiger partial charge in [0.15, 0.2) is 0 Å². The van der Waals surface area contributed by atoms with Crippen LogP contribution in [0, 0.1) is 10.1 Å². The molecule has 0 bridgehead atoms. The molecule has 0 aliphatic carbocycles. The van der Waals surface area contributed by atoms with E-state index in [2.05, 4.69) is 10.6 Å². The summed E-state index contributed by atoms with van der Waals surface area (Å²) in [7, 11) is 0. The predicted octanol–water partition coefficient (Wildman–Crippen LogP) is 4.63. The average molecular weight is 376 g/mol. The molecular formula is C18H18ClN3O4. The fourth-order valence-corrected chi connectivity index (χ4v) is 2.35. The quantitative estimate of drug-likeness (QED) is 0.544. The Morgan fingerprint density at radius 1 is 1.12 bits per heavy atom. The van der Waals surface area contributed by atoms with E-state index in [0.29, 0.717) is 17.7 Å². The van der Waals surface area contributed by atoms with Gasteiger partial charge in [0.1, 0.15) is 0 Å². The largest absolute Gasteiger partial charge is 0.326 e. The highest BCUT2D eigenvalue weighted by Gasteiger charge is 2.13. The number of nitrogens with zero attached hydrogens (tertiary/aromatic N) is 1. The molecule has 2 amide bonds. The Morgan fingerprint density at radius 3 is 2.42 bits per heavy atom. The molecule has 2 aromatic rings. The number of anilines is 2. The van der Waals surface area contributed by atoms with Crippen molar-refractivity contribution in [3.8, 4) is 0 Å². The topological polar surface area (TPSA) is 101 Å². The highest BCUT2D eigenvalue weighted by atomic mass is 35.5.